The Labute approximate surface area is 91.1 Å². The van der Waals surface area contributed by atoms with E-state index in [0.29, 0.717) is 0 Å². The average Bonchev–Trinajstić information content (AvgIpc) is 2.25. The molecule has 0 fully saturated rings. The lowest BCUT2D eigenvalue weighted by Gasteiger charge is -2.03. The Morgan fingerprint density at radius 2 is 1.64 bits per heavy atom. The number of allylic oxidation sites excluding steroid dienone is 4. The van der Waals surface area contributed by atoms with Gasteiger partial charge in [0.1, 0.15) is 0 Å². The number of rotatable bonds is 5. The van der Waals surface area contributed by atoms with Crippen LogP contribution in [0, 0.1) is 0 Å². The maximum Gasteiger partial charge on any atom is -0.0318 e. The highest BCUT2D eigenvalue weighted by molar-refractivity contribution is 5.08. The molecule has 0 unspecified atom stereocenters. The fourth-order valence-corrected chi connectivity index (χ4v) is 1.17. The third-order valence-electron chi connectivity index (χ3n) is 2.42. The molecule has 0 aliphatic heterocycles. The lowest BCUT2D eigenvalue weighted by atomic mass is 10.0. The molecule has 84 valence electrons. The molecule has 0 rings (SSSR count). The molecule has 0 heteroatoms. The summed E-state index contributed by atoms with van der Waals surface area (Å²) in [6.45, 7) is 12.8. The topological polar surface area (TPSA) is 0 Å². The van der Waals surface area contributed by atoms with E-state index in [1.807, 2.05) is 13.8 Å². The first-order chi connectivity index (χ1) is 6.72. The van der Waals surface area contributed by atoms with Gasteiger partial charge >= 0.3 is 0 Å². The summed E-state index contributed by atoms with van der Waals surface area (Å²) in [5, 5.41) is 0. The van der Waals surface area contributed by atoms with Gasteiger partial charge in [-0.25, -0.2) is 0 Å². The summed E-state index contributed by atoms with van der Waals surface area (Å²) in [6, 6.07) is 0. The molecule has 0 saturated carbocycles. The van der Waals surface area contributed by atoms with Gasteiger partial charge in [-0.05, 0) is 46.5 Å². The molecule has 0 saturated heterocycles. The van der Waals surface area contributed by atoms with Crippen LogP contribution in [0.15, 0.2) is 23.3 Å². The minimum Gasteiger partial charge on any atom is -0.0917 e. The SMILES string of the molecule is C/C=C/CCC/C(C)=C(\C)CC.CC. The van der Waals surface area contributed by atoms with E-state index >= 15 is 0 Å². The van der Waals surface area contributed by atoms with Crippen molar-refractivity contribution < 1.29 is 0 Å². The molecule has 0 aliphatic rings. The van der Waals surface area contributed by atoms with Crippen molar-refractivity contribution in [3.8, 4) is 0 Å². The van der Waals surface area contributed by atoms with Crippen molar-refractivity contribution in [2.24, 2.45) is 0 Å². The maximum absolute atomic E-state index is 2.26. The molecular formula is C14H28. The summed E-state index contributed by atoms with van der Waals surface area (Å²) < 4.78 is 0. The molecule has 0 amide bonds. The van der Waals surface area contributed by atoms with Crippen molar-refractivity contribution in [3.63, 3.8) is 0 Å². The zero-order valence-electron chi connectivity index (χ0n) is 11.0. The second-order valence-corrected chi connectivity index (χ2v) is 3.38. The van der Waals surface area contributed by atoms with Crippen LogP contribution in [-0.4, -0.2) is 0 Å². The van der Waals surface area contributed by atoms with Crippen LogP contribution in [0.5, 0.6) is 0 Å². The summed E-state index contributed by atoms with van der Waals surface area (Å²) in [4.78, 5) is 0. The maximum atomic E-state index is 2.26. The Hall–Kier alpha value is -0.520. The predicted molar refractivity (Wildman–Crippen MR) is 68.7 cm³/mol. The highest BCUT2D eigenvalue weighted by atomic mass is 14.0. The smallest absolute Gasteiger partial charge is 0.0318 e. The first kappa shape index (κ1) is 15.9. The van der Waals surface area contributed by atoms with E-state index in [9.17, 15) is 0 Å². The molecule has 0 spiro atoms. The van der Waals surface area contributed by atoms with Gasteiger partial charge in [0.2, 0.25) is 0 Å². The third-order valence-corrected chi connectivity index (χ3v) is 2.42. The minimum absolute atomic E-state index is 1.20. The molecular weight excluding hydrogens is 168 g/mol. The molecule has 0 heterocycles. The molecule has 14 heavy (non-hydrogen) atoms. The molecule has 0 atom stereocenters. The highest BCUT2D eigenvalue weighted by Crippen LogP contribution is 2.14. The van der Waals surface area contributed by atoms with E-state index in [1.54, 1.807) is 11.1 Å². The van der Waals surface area contributed by atoms with Crippen molar-refractivity contribution in [2.75, 3.05) is 0 Å². The van der Waals surface area contributed by atoms with Crippen LogP contribution < -0.4 is 0 Å². The summed E-state index contributed by atoms with van der Waals surface area (Å²) in [5.74, 6) is 0. The third kappa shape index (κ3) is 9.57. The Balaban J connectivity index is 0. The fourth-order valence-electron chi connectivity index (χ4n) is 1.17. The van der Waals surface area contributed by atoms with Gasteiger partial charge < -0.3 is 0 Å². The Bertz CT molecular complexity index is 161. The van der Waals surface area contributed by atoms with Crippen LogP contribution in [0.2, 0.25) is 0 Å². The molecule has 0 bridgehead atoms. The Morgan fingerprint density at radius 1 is 1.07 bits per heavy atom. The van der Waals surface area contributed by atoms with Crippen LogP contribution in [0.25, 0.3) is 0 Å². The van der Waals surface area contributed by atoms with Gasteiger partial charge in [-0.2, -0.15) is 0 Å². The van der Waals surface area contributed by atoms with E-state index in [1.165, 1.54) is 25.7 Å². The van der Waals surface area contributed by atoms with Gasteiger partial charge in [0, 0.05) is 0 Å². The number of unbranched alkanes of at least 4 members (excludes halogenated alkanes) is 1. The van der Waals surface area contributed by atoms with Crippen molar-refractivity contribution in [3.05, 3.63) is 23.3 Å². The summed E-state index contributed by atoms with van der Waals surface area (Å²) in [5.41, 5.74) is 3.15. The lowest BCUT2D eigenvalue weighted by Crippen LogP contribution is -1.83. The van der Waals surface area contributed by atoms with Gasteiger partial charge in [0.15, 0.2) is 0 Å². The number of hydrogen-bond acceptors (Lipinski definition) is 0. The predicted octanol–water partition coefficient (Wildman–Crippen LogP) is 5.51. The molecule has 0 aromatic heterocycles. The van der Waals surface area contributed by atoms with Gasteiger partial charge in [0.05, 0.1) is 0 Å². The molecule has 0 aliphatic carbocycles. The van der Waals surface area contributed by atoms with E-state index in [4.69, 9.17) is 0 Å². The van der Waals surface area contributed by atoms with Gasteiger partial charge in [-0.15, -0.1) is 0 Å². The van der Waals surface area contributed by atoms with Crippen LogP contribution in [-0.2, 0) is 0 Å². The van der Waals surface area contributed by atoms with Crippen molar-refractivity contribution >= 4 is 0 Å². The fraction of sp³-hybridized carbons (Fsp3) is 0.714. The quantitative estimate of drug-likeness (QED) is 0.402. The second kappa shape index (κ2) is 12.5. The van der Waals surface area contributed by atoms with E-state index in [2.05, 4.69) is 39.8 Å². The lowest BCUT2D eigenvalue weighted by molar-refractivity contribution is 0.814. The molecule has 0 radical (unpaired) electrons. The molecule has 0 aromatic carbocycles. The van der Waals surface area contributed by atoms with E-state index in [-0.39, 0.29) is 0 Å². The standard InChI is InChI=1S/C12H22.C2H6/c1-5-7-8-9-10-12(4)11(3)6-2;1-2/h5,7H,6,8-10H2,1-4H3;1-2H3/b7-5+,12-11+;. The largest absolute Gasteiger partial charge is 0.0917 e. The Morgan fingerprint density at radius 3 is 2.07 bits per heavy atom. The van der Waals surface area contributed by atoms with Crippen LogP contribution in [0.1, 0.15) is 67.2 Å². The van der Waals surface area contributed by atoms with Gasteiger partial charge in [-0.1, -0.05) is 44.1 Å². The summed E-state index contributed by atoms with van der Waals surface area (Å²) in [7, 11) is 0. The molecule has 0 aromatic rings. The average molecular weight is 196 g/mol. The van der Waals surface area contributed by atoms with Gasteiger partial charge in [-0.3, -0.25) is 0 Å². The molecule has 0 N–H and O–H groups in total. The van der Waals surface area contributed by atoms with Crippen molar-refractivity contribution in [1.29, 1.82) is 0 Å². The highest BCUT2D eigenvalue weighted by Gasteiger charge is 1.93. The van der Waals surface area contributed by atoms with Gasteiger partial charge in [0.25, 0.3) is 0 Å². The van der Waals surface area contributed by atoms with Crippen LogP contribution in [0.3, 0.4) is 0 Å². The number of hydrogen-bond donors (Lipinski definition) is 0. The summed E-state index contributed by atoms with van der Waals surface area (Å²) >= 11 is 0. The minimum atomic E-state index is 1.20. The zero-order valence-corrected chi connectivity index (χ0v) is 11.0. The normalized spacial score (nSPS) is 12.1. The van der Waals surface area contributed by atoms with E-state index < -0.39 is 0 Å². The summed E-state index contributed by atoms with van der Waals surface area (Å²) in [6.07, 6.45) is 9.37. The van der Waals surface area contributed by atoms with Crippen LogP contribution in [0.4, 0.5) is 0 Å². The zero-order chi connectivity index (χ0) is 11.4. The molecule has 0 nitrogen and oxygen atoms in total. The van der Waals surface area contributed by atoms with E-state index in [0.717, 1.165) is 0 Å². The first-order valence-electron chi connectivity index (χ1n) is 5.98. The first-order valence-corrected chi connectivity index (χ1v) is 5.98. The Kier molecular flexibility index (Phi) is 14.2. The van der Waals surface area contributed by atoms with Crippen molar-refractivity contribution in [2.45, 2.75) is 67.2 Å². The second-order valence-electron chi connectivity index (χ2n) is 3.38. The van der Waals surface area contributed by atoms with Crippen molar-refractivity contribution in [1.82, 2.24) is 0 Å². The van der Waals surface area contributed by atoms with Crippen LogP contribution >= 0.6 is 0 Å². The monoisotopic (exact) mass is 196 g/mol.